The van der Waals surface area contributed by atoms with Crippen LogP contribution in [0.2, 0.25) is 10.0 Å². The summed E-state index contributed by atoms with van der Waals surface area (Å²) in [4.78, 5) is 12.2. The SMILES string of the molecule is O=C(Nc1ccn(Cc2ccccc2F)n1)c1cc(Cl)ccc1Cl. The van der Waals surface area contributed by atoms with Crippen molar-refractivity contribution in [3.05, 3.63) is 81.7 Å². The first kappa shape index (κ1) is 16.5. The summed E-state index contributed by atoms with van der Waals surface area (Å²) in [5, 5.41) is 7.55. The number of nitrogens with zero attached hydrogens (tertiary/aromatic N) is 2. The van der Waals surface area contributed by atoms with E-state index < -0.39 is 5.91 Å². The van der Waals surface area contributed by atoms with Crippen molar-refractivity contribution in [3.8, 4) is 0 Å². The van der Waals surface area contributed by atoms with E-state index in [1.165, 1.54) is 16.8 Å². The van der Waals surface area contributed by atoms with Gasteiger partial charge in [-0.3, -0.25) is 9.48 Å². The van der Waals surface area contributed by atoms with Gasteiger partial charge in [0.15, 0.2) is 5.82 Å². The fourth-order valence-corrected chi connectivity index (χ4v) is 2.55. The highest BCUT2D eigenvalue weighted by molar-refractivity contribution is 6.36. The molecular weight excluding hydrogens is 352 g/mol. The fourth-order valence-electron chi connectivity index (χ4n) is 2.17. The smallest absolute Gasteiger partial charge is 0.258 e. The summed E-state index contributed by atoms with van der Waals surface area (Å²) in [5.41, 5.74) is 0.768. The van der Waals surface area contributed by atoms with E-state index in [1.807, 2.05) is 0 Å². The van der Waals surface area contributed by atoms with Crippen molar-refractivity contribution in [1.29, 1.82) is 0 Å². The normalized spacial score (nSPS) is 10.6. The molecule has 1 N–H and O–H groups in total. The molecule has 0 aliphatic carbocycles. The van der Waals surface area contributed by atoms with E-state index in [9.17, 15) is 9.18 Å². The Balaban J connectivity index is 1.73. The number of nitrogens with one attached hydrogen (secondary N) is 1. The second kappa shape index (κ2) is 7.03. The molecule has 0 unspecified atom stereocenters. The number of hydrogen-bond acceptors (Lipinski definition) is 2. The van der Waals surface area contributed by atoms with Gasteiger partial charge in [0.1, 0.15) is 5.82 Å². The van der Waals surface area contributed by atoms with E-state index in [4.69, 9.17) is 23.2 Å². The summed E-state index contributed by atoms with van der Waals surface area (Å²) in [6.07, 6.45) is 1.65. The highest BCUT2D eigenvalue weighted by atomic mass is 35.5. The molecular formula is C17H12Cl2FN3O. The lowest BCUT2D eigenvalue weighted by Crippen LogP contribution is -2.13. The Morgan fingerprint density at radius 1 is 1.17 bits per heavy atom. The third-order valence-electron chi connectivity index (χ3n) is 3.35. The van der Waals surface area contributed by atoms with Crippen molar-refractivity contribution < 1.29 is 9.18 Å². The first-order valence-electron chi connectivity index (χ1n) is 7.06. The lowest BCUT2D eigenvalue weighted by Gasteiger charge is -2.05. The summed E-state index contributed by atoms with van der Waals surface area (Å²) in [7, 11) is 0. The molecule has 0 aliphatic heterocycles. The van der Waals surface area contributed by atoms with Gasteiger partial charge in [0, 0.05) is 22.8 Å². The topological polar surface area (TPSA) is 46.9 Å². The summed E-state index contributed by atoms with van der Waals surface area (Å²) in [6.45, 7) is 0.264. The number of anilines is 1. The van der Waals surface area contributed by atoms with Crippen LogP contribution in [0.1, 0.15) is 15.9 Å². The molecule has 1 amide bonds. The maximum absolute atomic E-state index is 13.7. The highest BCUT2D eigenvalue weighted by Gasteiger charge is 2.13. The highest BCUT2D eigenvalue weighted by Crippen LogP contribution is 2.21. The van der Waals surface area contributed by atoms with Crippen molar-refractivity contribution in [1.82, 2.24) is 9.78 Å². The number of aromatic nitrogens is 2. The first-order chi connectivity index (χ1) is 11.5. The molecule has 0 bridgehead atoms. The second-order valence-electron chi connectivity index (χ2n) is 5.07. The van der Waals surface area contributed by atoms with Crippen LogP contribution in [-0.2, 0) is 6.54 Å². The minimum Gasteiger partial charge on any atom is -0.305 e. The third-order valence-corrected chi connectivity index (χ3v) is 3.91. The Hall–Kier alpha value is -2.37. The van der Waals surface area contributed by atoms with Crippen molar-refractivity contribution >= 4 is 34.9 Å². The van der Waals surface area contributed by atoms with Crippen LogP contribution in [0.3, 0.4) is 0 Å². The molecule has 0 saturated heterocycles. The number of hydrogen-bond donors (Lipinski definition) is 1. The molecule has 0 spiro atoms. The van der Waals surface area contributed by atoms with E-state index in [1.54, 1.807) is 42.6 Å². The molecule has 3 rings (SSSR count). The molecule has 24 heavy (non-hydrogen) atoms. The Bertz CT molecular complexity index is 895. The van der Waals surface area contributed by atoms with Crippen molar-refractivity contribution in [2.24, 2.45) is 0 Å². The van der Waals surface area contributed by atoms with E-state index >= 15 is 0 Å². The standard InChI is InChI=1S/C17H12Cl2FN3O/c18-12-5-6-14(19)13(9-12)17(24)21-16-7-8-23(22-16)10-11-3-1-2-4-15(11)20/h1-9H,10H2,(H,21,22,24). The molecule has 2 aromatic carbocycles. The summed E-state index contributed by atoms with van der Waals surface area (Å²) < 4.78 is 15.2. The van der Waals surface area contributed by atoms with Crippen LogP contribution in [0.4, 0.5) is 10.2 Å². The predicted octanol–water partition coefficient (Wildman–Crippen LogP) is 4.63. The Kier molecular flexibility index (Phi) is 4.83. The molecule has 0 radical (unpaired) electrons. The predicted molar refractivity (Wildman–Crippen MR) is 92.1 cm³/mol. The second-order valence-corrected chi connectivity index (χ2v) is 5.91. The number of rotatable bonds is 4. The van der Waals surface area contributed by atoms with E-state index in [0.29, 0.717) is 21.4 Å². The maximum atomic E-state index is 13.7. The van der Waals surface area contributed by atoms with Gasteiger partial charge in [-0.2, -0.15) is 5.10 Å². The Labute approximate surface area is 147 Å². The lowest BCUT2D eigenvalue weighted by atomic mass is 10.2. The minimum atomic E-state index is -0.418. The Morgan fingerprint density at radius 2 is 1.96 bits per heavy atom. The zero-order valence-electron chi connectivity index (χ0n) is 12.3. The van der Waals surface area contributed by atoms with E-state index in [-0.39, 0.29) is 17.9 Å². The van der Waals surface area contributed by atoms with Crippen LogP contribution in [0.5, 0.6) is 0 Å². The number of amides is 1. The molecule has 1 aromatic heterocycles. The molecule has 122 valence electrons. The summed E-state index contributed by atoms with van der Waals surface area (Å²) >= 11 is 11.9. The van der Waals surface area contributed by atoms with Crippen molar-refractivity contribution in [2.45, 2.75) is 6.54 Å². The van der Waals surface area contributed by atoms with Gasteiger partial charge in [-0.15, -0.1) is 0 Å². The molecule has 1 heterocycles. The molecule has 0 atom stereocenters. The monoisotopic (exact) mass is 363 g/mol. The van der Waals surface area contributed by atoms with Crippen molar-refractivity contribution in [2.75, 3.05) is 5.32 Å². The van der Waals surface area contributed by atoms with Crippen LogP contribution < -0.4 is 5.32 Å². The minimum absolute atomic E-state index is 0.257. The first-order valence-corrected chi connectivity index (χ1v) is 7.82. The molecule has 0 saturated carbocycles. The quantitative estimate of drug-likeness (QED) is 0.734. The molecule has 7 heteroatoms. The van der Waals surface area contributed by atoms with Gasteiger partial charge < -0.3 is 5.32 Å². The van der Waals surface area contributed by atoms with E-state index in [2.05, 4.69) is 10.4 Å². The third kappa shape index (κ3) is 3.75. The van der Waals surface area contributed by atoms with Gasteiger partial charge in [0.05, 0.1) is 17.1 Å². The van der Waals surface area contributed by atoms with Gasteiger partial charge in [0.25, 0.3) is 5.91 Å². The zero-order valence-corrected chi connectivity index (χ0v) is 13.9. The van der Waals surface area contributed by atoms with Gasteiger partial charge in [-0.1, -0.05) is 41.4 Å². The molecule has 4 nitrogen and oxygen atoms in total. The summed E-state index contributed by atoms with van der Waals surface area (Å²) in [5.74, 6) is -0.379. The maximum Gasteiger partial charge on any atom is 0.258 e. The Morgan fingerprint density at radius 3 is 2.75 bits per heavy atom. The van der Waals surface area contributed by atoms with Gasteiger partial charge in [-0.05, 0) is 24.3 Å². The fraction of sp³-hybridized carbons (Fsp3) is 0.0588. The average molecular weight is 364 g/mol. The number of carbonyl (C=O) groups is 1. The van der Waals surface area contributed by atoms with Gasteiger partial charge in [-0.25, -0.2) is 4.39 Å². The van der Waals surface area contributed by atoms with Crippen molar-refractivity contribution in [3.63, 3.8) is 0 Å². The average Bonchev–Trinajstić information content (AvgIpc) is 2.99. The van der Waals surface area contributed by atoms with Gasteiger partial charge in [0.2, 0.25) is 0 Å². The van der Waals surface area contributed by atoms with E-state index in [0.717, 1.165) is 0 Å². The zero-order chi connectivity index (χ0) is 17.1. The van der Waals surface area contributed by atoms with Crippen LogP contribution in [0, 0.1) is 5.82 Å². The van der Waals surface area contributed by atoms with Crippen LogP contribution in [0.15, 0.2) is 54.7 Å². The van der Waals surface area contributed by atoms with Crippen LogP contribution in [0.25, 0.3) is 0 Å². The number of carbonyl (C=O) groups excluding carboxylic acids is 1. The molecule has 0 fully saturated rings. The van der Waals surface area contributed by atoms with Gasteiger partial charge >= 0.3 is 0 Å². The number of benzene rings is 2. The largest absolute Gasteiger partial charge is 0.305 e. The van der Waals surface area contributed by atoms with Crippen LogP contribution >= 0.6 is 23.2 Å². The number of halogens is 3. The lowest BCUT2D eigenvalue weighted by molar-refractivity contribution is 0.102. The van der Waals surface area contributed by atoms with Crippen LogP contribution in [-0.4, -0.2) is 15.7 Å². The molecule has 3 aromatic rings. The summed E-state index contributed by atoms with van der Waals surface area (Å²) in [6, 6.07) is 12.7. The molecule has 0 aliphatic rings.